The van der Waals surface area contributed by atoms with Gasteiger partial charge in [0.1, 0.15) is 0 Å². The third-order valence-electron chi connectivity index (χ3n) is 4.34. The molecule has 1 aromatic carbocycles. The molecule has 0 spiro atoms. The Morgan fingerprint density at radius 1 is 1.38 bits per heavy atom. The number of rotatable bonds is 3. The summed E-state index contributed by atoms with van der Waals surface area (Å²) < 4.78 is 0. The summed E-state index contributed by atoms with van der Waals surface area (Å²) >= 11 is 6.00. The standard InChI is InChI=1S/C16H24ClN3O/c1-11(2)20-8-6-13(7-9-20)19(3)16(21)12-4-5-15(18)14(17)10-12/h4-5,10-11,13H,6-9,18H2,1-3H3. The van der Waals surface area contributed by atoms with Crippen LogP contribution in [0.25, 0.3) is 0 Å². The summed E-state index contributed by atoms with van der Waals surface area (Å²) in [5.74, 6) is 0.0138. The van der Waals surface area contributed by atoms with Crippen LogP contribution < -0.4 is 5.73 Å². The summed E-state index contributed by atoms with van der Waals surface area (Å²) in [7, 11) is 1.88. The molecule has 0 aliphatic carbocycles. The molecule has 1 fully saturated rings. The number of nitrogens with zero attached hydrogens (tertiary/aromatic N) is 2. The van der Waals surface area contributed by atoms with Gasteiger partial charge in [-0.15, -0.1) is 0 Å². The molecule has 0 radical (unpaired) electrons. The minimum atomic E-state index is 0.0138. The highest BCUT2D eigenvalue weighted by atomic mass is 35.5. The Balaban J connectivity index is 2.01. The first-order chi connectivity index (χ1) is 9.90. The molecule has 0 aromatic heterocycles. The topological polar surface area (TPSA) is 49.6 Å². The van der Waals surface area contributed by atoms with E-state index in [1.807, 2.05) is 11.9 Å². The molecule has 0 unspecified atom stereocenters. The van der Waals surface area contributed by atoms with Crippen molar-refractivity contribution in [2.24, 2.45) is 0 Å². The van der Waals surface area contributed by atoms with E-state index in [4.69, 9.17) is 17.3 Å². The van der Waals surface area contributed by atoms with Gasteiger partial charge in [-0.3, -0.25) is 4.79 Å². The third-order valence-corrected chi connectivity index (χ3v) is 4.67. The zero-order valence-corrected chi connectivity index (χ0v) is 13.7. The molecule has 116 valence electrons. The molecule has 1 aliphatic rings. The number of piperidine rings is 1. The Morgan fingerprint density at radius 3 is 2.52 bits per heavy atom. The van der Waals surface area contributed by atoms with Gasteiger partial charge in [0.25, 0.3) is 5.91 Å². The van der Waals surface area contributed by atoms with Gasteiger partial charge in [0.15, 0.2) is 0 Å². The predicted octanol–water partition coefficient (Wildman–Crippen LogP) is 2.87. The first-order valence-electron chi connectivity index (χ1n) is 7.46. The summed E-state index contributed by atoms with van der Waals surface area (Å²) in [6, 6.07) is 5.94. The van der Waals surface area contributed by atoms with Gasteiger partial charge in [0, 0.05) is 37.8 Å². The lowest BCUT2D eigenvalue weighted by atomic mass is 10.0. The number of hydrogen-bond donors (Lipinski definition) is 1. The number of likely N-dealkylation sites (tertiary alicyclic amines) is 1. The zero-order chi connectivity index (χ0) is 15.6. The summed E-state index contributed by atoms with van der Waals surface area (Å²) in [5, 5.41) is 0.434. The maximum absolute atomic E-state index is 12.5. The Kier molecular flexibility index (Phi) is 5.12. The van der Waals surface area contributed by atoms with E-state index in [2.05, 4.69) is 18.7 Å². The Morgan fingerprint density at radius 2 is 2.00 bits per heavy atom. The minimum absolute atomic E-state index is 0.0138. The summed E-state index contributed by atoms with van der Waals surface area (Å²) in [6.07, 6.45) is 2.03. The molecule has 2 N–H and O–H groups in total. The lowest BCUT2D eigenvalue weighted by Gasteiger charge is -2.38. The van der Waals surface area contributed by atoms with Crippen LogP contribution in [0.5, 0.6) is 0 Å². The summed E-state index contributed by atoms with van der Waals surface area (Å²) in [6.45, 7) is 6.52. The fourth-order valence-corrected chi connectivity index (χ4v) is 3.00. The number of amides is 1. The predicted molar refractivity (Wildman–Crippen MR) is 87.7 cm³/mol. The zero-order valence-electron chi connectivity index (χ0n) is 13.0. The Bertz CT molecular complexity index is 510. The molecule has 0 atom stereocenters. The second-order valence-corrected chi connectivity index (χ2v) is 6.42. The van der Waals surface area contributed by atoms with Crippen molar-refractivity contribution in [3.8, 4) is 0 Å². The van der Waals surface area contributed by atoms with Gasteiger partial charge in [0.2, 0.25) is 0 Å². The van der Waals surface area contributed by atoms with Crippen LogP contribution >= 0.6 is 11.6 Å². The third kappa shape index (κ3) is 3.69. The quantitative estimate of drug-likeness (QED) is 0.874. The van der Waals surface area contributed by atoms with Crippen LogP contribution in [-0.4, -0.2) is 47.9 Å². The van der Waals surface area contributed by atoms with E-state index in [1.54, 1.807) is 18.2 Å². The van der Waals surface area contributed by atoms with Gasteiger partial charge in [-0.2, -0.15) is 0 Å². The smallest absolute Gasteiger partial charge is 0.253 e. The van der Waals surface area contributed by atoms with Crippen molar-refractivity contribution in [3.63, 3.8) is 0 Å². The van der Waals surface area contributed by atoms with Crippen LogP contribution in [0.15, 0.2) is 18.2 Å². The van der Waals surface area contributed by atoms with Crippen LogP contribution in [0.2, 0.25) is 5.02 Å². The van der Waals surface area contributed by atoms with E-state index in [0.717, 1.165) is 25.9 Å². The number of nitrogen functional groups attached to an aromatic ring is 1. The molecule has 5 heteroatoms. The van der Waals surface area contributed by atoms with Crippen molar-refractivity contribution in [1.29, 1.82) is 0 Å². The summed E-state index contributed by atoms with van der Waals surface area (Å²) in [5.41, 5.74) is 6.79. The molecule has 0 saturated carbocycles. The van der Waals surface area contributed by atoms with E-state index in [0.29, 0.717) is 28.4 Å². The first kappa shape index (κ1) is 16.1. The first-order valence-corrected chi connectivity index (χ1v) is 7.84. The number of nitrogens with two attached hydrogens (primary N) is 1. The van der Waals surface area contributed by atoms with Gasteiger partial charge in [-0.05, 0) is 44.9 Å². The van der Waals surface area contributed by atoms with Crippen molar-refractivity contribution in [3.05, 3.63) is 28.8 Å². The van der Waals surface area contributed by atoms with Gasteiger partial charge in [-0.25, -0.2) is 0 Å². The molecule has 1 aromatic rings. The van der Waals surface area contributed by atoms with E-state index in [1.165, 1.54) is 0 Å². The molecule has 1 aliphatic heterocycles. The van der Waals surface area contributed by atoms with Gasteiger partial charge in [-0.1, -0.05) is 11.6 Å². The number of carbonyl (C=O) groups excluding carboxylic acids is 1. The largest absolute Gasteiger partial charge is 0.398 e. The molecular weight excluding hydrogens is 286 g/mol. The SMILES string of the molecule is CC(C)N1CCC(N(C)C(=O)c2ccc(N)c(Cl)c2)CC1. The van der Waals surface area contributed by atoms with Gasteiger partial charge in [0.05, 0.1) is 10.7 Å². The van der Waals surface area contributed by atoms with Gasteiger partial charge >= 0.3 is 0 Å². The lowest BCUT2D eigenvalue weighted by molar-refractivity contribution is 0.0615. The number of benzene rings is 1. The van der Waals surface area contributed by atoms with Crippen LogP contribution in [0.3, 0.4) is 0 Å². The van der Waals surface area contributed by atoms with E-state index in [-0.39, 0.29) is 5.91 Å². The minimum Gasteiger partial charge on any atom is -0.398 e. The van der Waals surface area contributed by atoms with Crippen molar-refractivity contribution in [2.45, 2.75) is 38.8 Å². The Hall–Kier alpha value is -1.26. The van der Waals surface area contributed by atoms with Crippen molar-refractivity contribution < 1.29 is 4.79 Å². The average Bonchev–Trinajstić information content (AvgIpc) is 2.48. The lowest BCUT2D eigenvalue weighted by Crippen LogP contribution is -2.47. The maximum atomic E-state index is 12.5. The van der Waals surface area contributed by atoms with Crippen LogP contribution in [0.1, 0.15) is 37.0 Å². The normalized spacial score (nSPS) is 17.2. The maximum Gasteiger partial charge on any atom is 0.253 e. The Labute approximate surface area is 131 Å². The second kappa shape index (κ2) is 6.67. The molecule has 4 nitrogen and oxygen atoms in total. The molecule has 2 rings (SSSR count). The van der Waals surface area contributed by atoms with Crippen LogP contribution in [-0.2, 0) is 0 Å². The van der Waals surface area contributed by atoms with Crippen molar-refractivity contribution >= 4 is 23.2 Å². The molecule has 1 amide bonds. The highest BCUT2D eigenvalue weighted by Crippen LogP contribution is 2.23. The molecule has 0 bridgehead atoms. The number of carbonyl (C=O) groups is 1. The van der Waals surface area contributed by atoms with Crippen molar-refractivity contribution in [2.75, 3.05) is 25.9 Å². The van der Waals surface area contributed by atoms with E-state index >= 15 is 0 Å². The molecule has 1 heterocycles. The monoisotopic (exact) mass is 309 g/mol. The van der Waals surface area contributed by atoms with Crippen LogP contribution in [0, 0.1) is 0 Å². The second-order valence-electron chi connectivity index (χ2n) is 6.01. The van der Waals surface area contributed by atoms with E-state index in [9.17, 15) is 4.79 Å². The highest BCUT2D eigenvalue weighted by molar-refractivity contribution is 6.33. The fourth-order valence-electron chi connectivity index (χ4n) is 2.82. The van der Waals surface area contributed by atoms with Gasteiger partial charge < -0.3 is 15.5 Å². The number of halogens is 1. The number of hydrogen-bond acceptors (Lipinski definition) is 3. The highest BCUT2D eigenvalue weighted by Gasteiger charge is 2.26. The number of anilines is 1. The van der Waals surface area contributed by atoms with Crippen LogP contribution in [0.4, 0.5) is 5.69 Å². The fraction of sp³-hybridized carbons (Fsp3) is 0.562. The molecular formula is C16H24ClN3O. The average molecular weight is 310 g/mol. The molecule has 1 saturated heterocycles. The van der Waals surface area contributed by atoms with Crippen molar-refractivity contribution in [1.82, 2.24) is 9.80 Å². The molecule has 21 heavy (non-hydrogen) atoms. The summed E-state index contributed by atoms with van der Waals surface area (Å²) in [4.78, 5) is 16.8. The van der Waals surface area contributed by atoms with E-state index < -0.39 is 0 Å².